The highest BCUT2D eigenvalue weighted by atomic mass is 16.1. The van der Waals surface area contributed by atoms with Gasteiger partial charge in [0.25, 0.3) is 5.91 Å². The van der Waals surface area contributed by atoms with Crippen LogP contribution in [0.25, 0.3) is 16.9 Å². The van der Waals surface area contributed by atoms with Crippen LogP contribution in [0.2, 0.25) is 0 Å². The summed E-state index contributed by atoms with van der Waals surface area (Å²) >= 11 is 0. The Labute approximate surface area is 163 Å². The number of anilines is 1. The first kappa shape index (κ1) is 17.9. The Hall–Kier alpha value is -3.48. The molecule has 7 nitrogen and oxygen atoms in total. The first-order valence-corrected chi connectivity index (χ1v) is 9.24. The maximum absolute atomic E-state index is 12.9. The van der Waals surface area contributed by atoms with Crippen LogP contribution in [0.5, 0.6) is 0 Å². The molecular formula is C21H22N6O. The molecule has 0 unspecified atom stereocenters. The zero-order valence-corrected chi connectivity index (χ0v) is 16.4. The molecule has 0 saturated carbocycles. The van der Waals surface area contributed by atoms with E-state index in [4.69, 9.17) is 0 Å². The Balaban J connectivity index is 1.75. The number of fused-ring (bicyclic) bond motifs is 1. The molecule has 4 rings (SSSR count). The summed E-state index contributed by atoms with van der Waals surface area (Å²) in [5, 5.41) is 11.9. The Morgan fingerprint density at radius 2 is 2.00 bits per heavy atom. The predicted octanol–water partition coefficient (Wildman–Crippen LogP) is 3.79. The van der Waals surface area contributed by atoms with Gasteiger partial charge in [0.15, 0.2) is 5.65 Å². The summed E-state index contributed by atoms with van der Waals surface area (Å²) in [4.78, 5) is 17.3. The van der Waals surface area contributed by atoms with Crippen molar-refractivity contribution in [2.45, 2.75) is 34.2 Å². The number of amides is 1. The van der Waals surface area contributed by atoms with Gasteiger partial charge >= 0.3 is 0 Å². The summed E-state index contributed by atoms with van der Waals surface area (Å²) in [6.45, 7) is 8.81. The van der Waals surface area contributed by atoms with E-state index in [0.717, 1.165) is 40.3 Å². The Bertz CT molecular complexity index is 1190. The summed E-state index contributed by atoms with van der Waals surface area (Å²) in [6.07, 6.45) is 5.25. The van der Waals surface area contributed by atoms with E-state index in [9.17, 15) is 4.79 Å². The van der Waals surface area contributed by atoms with Gasteiger partial charge in [-0.25, -0.2) is 9.50 Å². The van der Waals surface area contributed by atoms with Crippen molar-refractivity contribution in [3.8, 4) is 11.3 Å². The van der Waals surface area contributed by atoms with Crippen LogP contribution in [0.3, 0.4) is 0 Å². The van der Waals surface area contributed by atoms with Gasteiger partial charge in [-0.1, -0.05) is 12.1 Å². The molecule has 1 amide bonds. The fourth-order valence-corrected chi connectivity index (χ4v) is 3.26. The van der Waals surface area contributed by atoms with E-state index in [1.165, 1.54) is 0 Å². The number of nitrogens with one attached hydrogen (secondary N) is 1. The number of nitrogens with zero attached hydrogens (tertiary/aromatic N) is 5. The maximum atomic E-state index is 12.9. The van der Waals surface area contributed by atoms with E-state index in [2.05, 4.69) is 20.5 Å². The third-order valence-corrected chi connectivity index (χ3v) is 5.05. The molecule has 3 heterocycles. The van der Waals surface area contributed by atoms with Gasteiger partial charge in [0.05, 0.1) is 17.6 Å². The van der Waals surface area contributed by atoms with Crippen LogP contribution >= 0.6 is 0 Å². The molecular weight excluding hydrogens is 352 g/mol. The molecule has 0 fully saturated rings. The van der Waals surface area contributed by atoms with Crippen LogP contribution in [-0.2, 0) is 6.54 Å². The lowest BCUT2D eigenvalue weighted by atomic mass is 10.1. The van der Waals surface area contributed by atoms with Crippen molar-refractivity contribution < 1.29 is 4.79 Å². The number of benzene rings is 1. The molecule has 1 N–H and O–H groups in total. The molecule has 142 valence electrons. The molecule has 0 spiro atoms. The average molecular weight is 374 g/mol. The van der Waals surface area contributed by atoms with Crippen molar-refractivity contribution in [1.29, 1.82) is 0 Å². The van der Waals surface area contributed by atoms with Gasteiger partial charge in [-0.05, 0) is 51.0 Å². The molecule has 4 aromatic rings. The van der Waals surface area contributed by atoms with Crippen LogP contribution in [0.15, 0.2) is 42.9 Å². The van der Waals surface area contributed by atoms with Crippen LogP contribution < -0.4 is 5.32 Å². The lowest BCUT2D eigenvalue weighted by molar-refractivity contribution is 0.102. The Kier molecular flexibility index (Phi) is 4.43. The van der Waals surface area contributed by atoms with Crippen LogP contribution in [0.4, 0.5) is 5.69 Å². The van der Waals surface area contributed by atoms with Crippen LogP contribution in [0.1, 0.15) is 34.1 Å². The van der Waals surface area contributed by atoms with E-state index in [-0.39, 0.29) is 5.91 Å². The Morgan fingerprint density at radius 1 is 1.18 bits per heavy atom. The second-order valence-electron chi connectivity index (χ2n) is 6.81. The van der Waals surface area contributed by atoms with E-state index in [1.54, 1.807) is 16.9 Å². The predicted molar refractivity (Wildman–Crippen MR) is 108 cm³/mol. The molecule has 3 aromatic heterocycles. The van der Waals surface area contributed by atoms with Gasteiger partial charge in [0.1, 0.15) is 5.56 Å². The zero-order chi connectivity index (χ0) is 19.8. The molecule has 28 heavy (non-hydrogen) atoms. The van der Waals surface area contributed by atoms with E-state index >= 15 is 0 Å². The molecule has 0 radical (unpaired) electrons. The minimum absolute atomic E-state index is 0.227. The second kappa shape index (κ2) is 6.92. The van der Waals surface area contributed by atoms with Gasteiger partial charge < -0.3 is 5.32 Å². The number of aromatic nitrogens is 5. The molecule has 1 aromatic carbocycles. The van der Waals surface area contributed by atoms with Gasteiger partial charge in [-0.15, -0.1) is 0 Å². The molecule has 0 aliphatic heterocycles. The van der Waals surface area contributed by atoms with Gasteiger partial charge in [0, 0.05) is 30.2 Å². The van der Waals surface area contributed by atoms with Gasteiger partial charge in [-0.2, -0.15) is 10.2 Å². The number of hydrogen-bond acceptors (Lipinski definition) is 4. The molecule has 0 atom stereocenters. The Morgan fingerprint density at radius 3 is 2.75 bits per heavy atom. The normalized spacial score (nSPS) is 11.1. The number of carbonyl (C=O) groups excluding carboxylic acids is 1. The van der Waals surface area contributed by atoms with Crippen molar-refractivity contribution in [2.75, 3.05) is 5.32 Å². The maximum Gasteiger partial charge on any atom is 0.261 e. The molecule has 0 aliphatic carbocycles. The quantitative estimate of drug-likeness (QED) is 0.590. The van der Waals surface area contributed by atoms with E-state index in [1.807, 2.05) is 62.8 Å². The standard InChI is InChI=1S/C21H22N6O/c1-5-26-12-17(15(4)25-26)19-9-10-22-20-16(11-23-27(19)20)21(28)24-18-8-6-7-13(2)14(18)3/h6-12H,5H2,1-4H3,(H,24,28). The fraction of sp³-hybridized carbons (Fsp3) is 0.238. The zero-order valence-electron chi connectivity index (χ0n) is 16.4. The highest BCUT2D eigenvalue weighted by Gasteiger charge is 2.18. The average Bonchev–Trinajstić information content (AvgIpc) is 3.28. The lowest BCUT2D eigenvalue weighted by Crippen LogP contribution is -2.13. The third-order valence-electron chi connectivity index (χ3n) is 5.05. The summed E-state index contributed by atoms with van der Waals surface area (Å²) in [7, 11) is 0. The van der Waals surface area contributed by atoms with Gasteiger partial charge in [-0.3, -0.25) is 9.48 Å². The van der Waals surface area contributed by atoms with Crippen molar-refractivity contribution in [2.24, 2.45) is 0 Å². The highest BCUT2D eigenvalue weighted by Crippen LogP contribution is 2.25. The molecule has 0 saturated heterocycles. The number of rotatable bonds is 4. The third kappa shape index (κ3) is 2.94. The lowest BCUT2D eigenvalue weighted by Gasteiger charge is -2.09. The number of hydrogen-bond donors (Lipinski definition) is 1. The number of carbonyl (C=O) groups is 1. The minimum atomic E-state index is -0.227. The largest absolute Gasteiger partial charge is 0.322 e. The van der Waals surface area contributed by atoms with Crippen molar-refractivity contribution >= 4 is 17.2 Å². The molecule has 7 heteroatoms. The van der Waals surface area contributed by atoms with Crippen molar-refractivity contribution in [3.05, 3.63) is 65.2 Å². The summed E-state index contributed by atoms with van der Waals surface area (Å²) in [5.41, 5.74) is 6.65. The fourth-order valence-electron chi connectivity index (χ4n) is 3.26. The summed E-state index contributed by atoms with van der Waals surface area (Å²) in [5.74, 6) is -0.227. The topological polar surface area (TPSA) is 77.1 Å². The monoisotopic (exact) mass is 374 g/mol. The summed E-state index contributed by atoms with van der Waals surface area (Å²) in [6, 6.07) is 7.73. The van der Waals surface area contributed by atoms with Gasteiger partial charge in [0.2, 0.25) is 0 Å². The second-order valence-corrected chi connectivity index (χ2v) is 6.81. The first-order chi connectivity index (χ1) is 13.5. The summed E-state index contributed by atoms with van der Waals surface area (Å²) < 4.78 is 3.58. The smallest absolute Gasteiger partial charge is 0.261 e. The van der Waals surface area contributed by atoms with Crippen LogP contribution in [0, 0.1) is 20.8 Å². The SMILES string of the molecule is CCn1cc(-c2ccnc3c(C(=O)Nc4cccc(C)c4C)cnn23)c(C)n1. The molecule has 0 bridgehead atoms. The van der Waals surface area contributed by atoms with E-state index < -0.39 is 0 Å². The molecule has 0 aliphatic rings. The minimum Gasteiger partial charge on any atom is -0.322 e. The first-order valence-electron chi connectivity index (χ1n) is 9.24. The number of aryl methyl sites for hydroxylation is 3. The van der Waals surface area contributed by atoms with E-state index in [0.29, 0.717) is 11.2 Å². The van der Waals surface area contributed by atoms with Crippen LogP contribution in [-0.4, -0.2) is 30.3 Å². The van der Waals surface area contributed by atoms with Crippen molar-refractivity contribution in [3.63, 3.8) is 0 Å². The van der Waals surface area contributed by atoms with Crippen molar-refractivity contribution in [1.82, 2.24) is 24.4 Å². The highest BCUT2D eigenvalue weighted by molar-refractivity contribution is 6.08.